The average molecular weight is 1040 g/mol. The predicted molar refractivity (Wildman–Crippen MR) is 317 cm³/mol. The van der Waals surface area contributed by atoms with Crippen LogP contribution in [0.2, 0.25) is 0 Å². The van der Waals surface area contributed by atoms with Crippen LogP contribution in [0, 0.1) is 6.08 Å². The van der Waals surface area contributed by atoms with Crippen molar-refractivity contribution < 1.29 is 9.59 Å². The Hall–Kier alpha value is -8.74. The Kier molecular flexibility index (Phi) is 19.3. The van der Waals surface area contributed by atoms with Gasteiger partial charge in [-0.2, -0.15) is 0 Å². The number of hydrogen-bond donors (Lipinski definition) is 2. The van der Waals surface area contributed by atoms with Gasteiger partial charge in [-0.15, -0.1) is 0 Å². The monoisotopic (exact) mass is 1040 g/mol. The van der Waals surface area contributed by atoms with Crippen molar-refractivity contribution in [1.29, 1.82) is 0 Å². The number of carbonyl (C=O) groups is 2. The fraction of sp³-hybridized carbons (Fsp3) is 0.0303. The summed E-state index contributed by atoms with van der Waals surface area (Å²) in [6, 6.07) is 77.1. The molecule has 0 spiro atoms. The molecule has 0 saturated carbocycles. The van der Waals surface area contributed by atoms with Gasteiger partial charge in [0, 0.05) is 50.6 Å². The van der Waals surface area contributed by atoms with Gasteiger partial charge >= 0.3 is 0 Å². The standard InChI is InChI=1S/C32H22N2.C18H15N2.C14H10O2.CHCl3.CH4/c1-5-13-23(14-6-1)27-21-22-28(24-15-7-2-8-16-24)32-31(27)33-29(25-17-9-3-10-18-25)30(34-32)26-19-11-4-12-20-26;19-17-15(13-7-3-1-4-8-13)11-12-16(18(17)20)14-9-5-2-6-10-14;15-13(11-7-3-1-4-8-11)14(16)12-9-5-2-6-10-12;2-1(3)4;/h1-22H;1,3-12H,19-20H2;1-10H;1H;1H4/q;+1;;;. The lowest BCUT2D eigenvalue weighted by atomic mass is 9.95. The molecule has 0 saturated heterocycles. The van der Waals surface area contributed by atoms with E-state index < -0.39 is 15.9 Å². The molecule has 9 aromatic carbocycles. The van der Waals surface area contributed by atoms with E-state index in [1.807, 2.05) is 103 Å². The molecule has 75 heavy (non-hydrogen) atoms. The number of hydrogen-bond acceptors (Lipinski definition) is 6. The third-order valence-electron chi connectivity index (χ3n) is 11.8. The molecule has 10 aromatic rings. The molecule has 0 unspecified atom stereocenters. The number of halogens is 3. The van der Waals surface area contributed by atoms with Crippen molar-refractivity contribution in [3.05, 3.63) is 284 Å². The van der Waals surface area contributed by atoms with Crippen LogP contribution in [-0.4, -0.2) is 25.8 Å². The van der Waals surface area contributed by atoms with Gasteiger partial charge in [0.15, 0.2) is 4.30 Å². The van der Waals surface area contributed by atoms with Crippen LogP contribution in [0.1, 0.15) is 33.7 Å². The van der Waals surface area contributed by atoms with Gasteiger partial charge in [0.1, 0.15) is 12.2 Å². The maximum absolute atomic E-state index is 11.8. The number of fused-ring (bicyclic) bond motifs is 1. The summed E-state index contributed by atoms with van der Waals surface area (Å²) in [4.78, 5) is 34.2. The Labute approximate surface area is 454 Å². The highest BCUT2D eigenvalue weighted by molar-refractivity contribution is 6.63. The molecule has 1 aliphatic rings. The Balaban J connectivity index is 0.000000170. The molecule has 0 atom stereocenters. The molecule has 6 nitrogen and oxygen atoms in total. The van der Waals surface area contributed by atoms with Crippen molar-refractivity contribution >= 4 is 74.4 Å². The smallest absolute Gasteiger partial charge is 0.233 e. The molecule has 9 heteroatoms. The zero-order chi connectivity index (χ0) is 51.7. The summed E-state index contributed by atoms with van der Waals surface area (Å²) in [6.07, 6.45) is 10.7. The first-order chi connectivity index (χ1) is 36.2. The van der Waals surface area contributed by atoms with Crippen molar-refractivity contribution in [2.45, 2.75) is 11.7 Å². The Morgan fingerprint density at radius 1 is 0.400 bits per heavy atom. The van der Waals surface area contributed by atoms with Crippen molar-refractivity contribution in [2.75, 3.05) is 11.5 Å². The van der Waals surface area contributed by atoms with Crippen molar-refractivity contribution in [1.82, 2.24) is 9.97 Å². The van der Waals surface area contributed by atoms with Crippen molar-refractivity contribution in [3.63, 3.8) is 0 Å². The average Bonchev–Trinajstić information content (AvgIpc) is 3.47. The molecule has 368 valence electrons. The van der Waals surface area contributed by atoms with Gasteiger partial charge in [0.25, 0.3) is 0 Å². The lowest BCUT2D eigenvalue weighted by Gasteiger charge is -2.16. The minimum absolute atomic E-state index is 0. The minimum atomic E-state index is -0.750. The van der Waals surface area contributed by atoms with Crippen LogP contribution in [0.5, 0.6) is 0 Å². The third-order valence-corrected chi connectivity index (χ3v) is 11.8. The van der Waals surface area contributed by atoms with Crippen LogP contribution in [-0.2, 0) is 0 Å². The van der Waals surface area contributed by atoms with Gasteiger partial charge in [-0.1, -0.05) is 273 Å². The lowest BCUT2D eigenvalue weighted by Crippen LogP contribution is -2.14. The highest BCUT2D eigenvalue weighted by Gasteiger charge is 2.20. The third kappa shape index (κ3) is 13.9. The van der Waals surface area contributed by atoms with Crippen LogP contribution < -0.4 is 11.5 Å². The Bertz CT molecular complexity index is 3390. The maximum Gasteiger partial charge on any atom is 0.233 e. The molecular weight excluding hydrogens is 987 g/mol. The highest BCUT2D eigenvalue weighted by Crippen LogP contribution is 2.39. The SMILES string of the molecule is C.ClC(Cl)Cl.Nc1c(C2=CC=[C+]C=C2)ccc(-c2ccccc2)c1N.O=C(C(=O)c1ccccc1)c1ccccc1.c1ccc(-c2nc3c(-c4ccccc4)ccc(-c4ccccc4)c3nc2-c2ccccc2)cc1. The maximum atomic E-state index is 11.8. The summed E-state index contributed by atoms with van der Waals surface area (Å²) in [5.41, 5.74) is 28.7. The number of rotatable bonds is 9. The summed E-state index contributed by atoms with van der Waals surface area (Å²) in [7, 11) is 0. The van der Waals surface area contributed by atoms with Crippen LogP contribution in [0.4, 0.5) is 11.4 Å². The van der Waals surface area contributed by atoms with Crippen molar-refractivity contribution in [3.8, 4) is 55.9 Å². The van der Waals surface area contributed by atoms with E-state index in [4.69, 9.17) is 56.2 Å². The number of carbonyl (C=O) groups excluding carboxylic acids is 2. The lowest BCUT2D eigenvalue weighted by molar-refractivity contribution is 0.0817. The molecular formula is C66H52Cl3N4O2+. The van der Waals surface area contributed by atoms with Crippen LogP contribution in [0.25, 0.3) is 72.5 Å². The van der Waals surface area contributed by atoms with E-state index in [0.29, 0.717) is 22.5 Å². The normalized spacial score (nSPS) is 11.0. The zero-order valence-electron chi connectivity index (χ0n) is 39.9. The van der Waals surface area contributed by atoms with Gasteiger partial charge in [0.05, 0.1) is 51.5 Å². The molecule has 0 radical (unpaired) electrons. The van der Waals surface area contributed by atoms with E-state index in [2.05, 4.69) is 115 Å². The number of benzene rings is 9. The van der Waals surface area contributed by atoms with E-state index >= 15 is 0 Å². The quantitative estimate of drug-likeness (QED) is 0.0490. The van der Waals surface area contributed by atoms with Crippen molar-refractivity contribution in [2.24, 2.45) is 0 Å². The number of aromatic nitrogens is 2. The van der Waals surface area contributed by atoms with E-state index in [0.717, 1.165) is 78.1 Å². The van der Waals surface area contributed by atoms with E-state index in [1.165, 1.54) is 0 Å². The molecule has 0 aliphatic heterocycles. The first-order valence-corrected chi connectivity index (χ1v) is 24.9. The van der Waals surface area contributed by atoms with Crippen LogP contribution in [0.3, 0.4) is 0 Å². The number of anilines is 2. The summed E-state index contributed by atoms with van der Waals surface area (Å²) in [6.45, 7) is 0. The van der Waals surface area contributed by atoms with Crippen LogP contribution >= 0.6 is 34.8 Å². The largest absolute Gasteiger partial charge is 0.397 e. The predicted octanol–water partition coefficient (Wildman–Crippen LogP) is 17.5. The molecule has 1 heterocycles. The summed E-state index contributed by atoms with van der Waals surface area (Å²) < 4.78 is -0.750. The molecule has 11 rings (SSSR count). The topological polar surface area (TPSA) is 112 Å². The molecule has 0 fully saturated rings. The number of Topliss-reactive ketones (excluding diaryl/α,β-unsaturated/α-hetero) is 2. The second-order valence-electron chi connectivity index (χ2n) is 16.5. The summed E-state index contributed by atoms with van der Waals surface area (Å²) >= 11 is 14.4. The summed E-state index contributed by atoms with van der Waals surface area (Å²) in [5, 5.41) is 0. The molecule has 0 bridgehead atoms. The molecule has 0 amide bonds. The van der Waals surface area contributed by atoms with Crippen LogP contribution in [0.15, 0.2) is 261 Å². The number of ketones is 2. The molecule has 1 aromatic heterocycles. The minimum Gasteiger partial charge on any atom is -0.397 e. The van der Waals surface area contributed by atoms with E-state index in [-0.39, 0.29) is 7.43 Å². The van der Waals surface area contributed by atoms with Gasteiger partial charge in [-0.25, -0.2) is 9.97 Å². The number of nitrogen functional groups attached to an aromatic ring is 2. The fourth-order valence-corrected chi connectivity index (χ4v) is 8.20. The van der Waals surface area contributed by atoms with Gasteiger partial charge < -0.3 is 11.5 Å². The molecule has 1 aliphatic carbocycles. The second-order valence-corrected chi connectivity index (χ2v) is 18.5. The van der Waals surface area contributed by atoms with E-state index in [1.54, 1.807) is 48.5 Å². The second kappa shape index (κ2) is 26.8. The summed E-state index contributed by atoms with van der Waals surface area (Å²) in [5.74, 6) is -0.932. The first-order valence-electron chi connectivity index (χ1n) is 23.6. The first kappa shape index (κ1) is 54.0. The fourth-order valence-electron chi connectivity index (χ4n) is 8.20. The van der Waals surface area contributed by atoms with E-state index in [9.17, 15) is 9.59 Å². The van der Waals surface area contributed by atoms with Gasteiger partial charge in [-0.3, -0.25) is 9.59 Å². The number of nitrogens with two attached hydrogens (primary N) is 2. The Morgan fingerprint density at radius 2 is 0.693 bits per heavy atom. The van der Waals surface area contributed by atoms with Gasteiger partial charge in [-0.05, 0) is 22.8 Å². The molecule has 4 N–H and O–H groups in total. The number of allylic oxidation sites excluding steroid dienone is 6. The number of alkyl halides is 3. The zero-order valence-corrected chi connectivity index (χ0v) is 42.2. The Morgan fingerprint density at radius 3 is 1.04 bits per heavy atom. The van der Waals surface area contributed by atoms with Gasteiger partial charge in [0.2, 0.25) is 11.6 Å². The highest BCUT2D eigenvalue weighted by atomic mass is 35.6. The number of nitrogens with zero attached hydrogens (tertiary/aromatic N) is 2.